The molecule has 2 unspecified atom stereocenters. The summed E-state index contributed by atoms with van der Waals surface area (Å²) in [7, 11) is 1.67. The lowest BCUT2D eigenvalue weighted by Crippen LogP contribution is -2.46. The van der Waals surface area contributed by atoms with Gasteiger partial charge < -0.3 is 9.80 Å². The second-order valence-electron chi connectivity index (χ2n) is 8.35. The fraction of sp³-hybridized carbons (Fsp3) is 0.579. The van der Waals surface area contributed by atoms with E-state index in [0.29, 0.717) is 6.54 Å². The van der Waals surface area contributed by atoms with Gasteiger partial charge in [0.05, 0.1) is 0 Å². The number of carbonyl (C=O) groups is 2. The standard InChI is InChI=1S/C19H26N2O2/c1-18(2)10-15-11-19(3,12-18)13-21(15)17(23)16(22)20(4)14-8-6-5-7-9-14/h5-9,15H,10-13H2,1-4H3. The lowest BCUT2D eigenvalue weighted by atomic mass is 9.65. The van der Waals surface area contributed by atoms with E-state index < -0.39 is 5.91 Å². The number of amides is 2. The summed E-state index contributed by atoms with van der Waals surface area (Å²) in [6.07, 6.45) is 3.12. The Labute approximate surface area is 138 Å². The molecular formula is C19H26N2O2. The smallest absolute Gasteiger partial charge is 0.316 e. The van der Waals surface area contributed by atoms with Crippen LogP contribution in [0, 0.1) is 10.8 Å². The quantitative estimate of drug-likeness (QED) is 0.748. The molecule has 2 aliphatic rings. The molecule has 2 amide bonds. The van der Waals surface area contributed by atoms with Crippen LogP contribution in [0.2, 0.25) is 0 Å². The lowest BCUT2D eigenvalue weighted by molar-refractivity contribution is -0.145. The number of anilines is 1. The van der Waals surface area contributed by atoms with Crippen LogP contribution in [-0.2, 0) is 9.59 Å². The molecule has 0 radical (unpaired) electrons. The van der Waals surface area contributed by atoms with Gasteiger partial charge in [0.1, 0.15) is 0 Å². The molecule has 3 rings (SSSR count). The van der Waals surface area contributed by atoms with Crippen molar-refractivity contribution in [2.24, 2.45) is 10.8 Å². The predicted octanol–water partition coefficient (Wildman–Crippen LogP) is 3.08. The summed E-state index contributed by atoms with van der Waals surface area (Å²) in [6, 6.07) is 9.53. The largest absolute Gasteiger partial charge is 0.331 e. The van der Waals surface area contributed by atoms with Crippen molar-refractivity contribution < 1.29 is 9.59 Å². The molecule has 4 nitrogen and oxygen atoms in total. The average molecular weight is 314 g/mol. The highest BCUT2D eigenvalue weighted by Gasteiger charge is 2.52. The molecule has 1 aromatic rings. The Morgan fingerprint density at radius 3 is 2.43 bits per heavy atom. The highest BCUT2D eigenvalue weighted by molar-refractivity contribution is 6.40. The van der Waals surface area contributed by atoms with Gasteiger partial charge in [0.2, 0.25) is 0 Å². The van der Waals surface area contributed by atoms with E-state index in [4.69, 9.17) is 0 Å². The fourth-order valence-electron chi connectivity index (χ4n) is 4.73. The average Bonchev–Trinajstić information content (AvgIpc) is 2.75. The number of hydrogen-bond acceptors (Lipinski definition) is 2. The first-order valence-corrected chi connectivity index (χ1v) is 8.35. The molecule has 1 aliphatic carbocycles. The number of rotatable bonds is 1. The summed E-state index contributed by atoms with van der Waals surface area (Å²) in [6.45, 7) is 7.49. The summed E-state index contributed by atoms with van der Waals surface area (Å²) in [5.41, 5.74) is 1.13. The van der Waals surface area contributed by atoms with Gasteiger partial charge in [-0.05, 0) is 42.2 Å². The third-order valence-corrected chi connectivity index (χ3v) is 5.31. The van der Waals surface area contributed by atoms with Gasteiger partial charge in [-0.3, -0.25) is 9.59 Å². The maximum absolute atomic E-state index is 12.8. The topological polar surface area (TPSA) is 40.6 Å². The van der Waals surface area contributed by atoms with Crippen molar-refractivity contribution in [1.82, 2.24) is 4.90 Å². The molecule has 2 fully saturated rings. The van der Waals surface area contributed by atoms with E-state index in [-0.39, 0.29) is 22.8 Å². The normalized spacial score (nSPS) is 28.5. The van der Waals surface area contributed by atoms with Crippen LogP contribution >= 0.6 is 0 Å². The van der Waals surface area contributed by atoms with E-state index in [0.717, 1.165) is 24.9 Å². The maximum Gasteiger partial charge on any atom is 0.316 e. The van der Waals surface area contributed by atoms with Crippen LogP contribution < -0.4 is 4.90 Å². The van der Waals surface area contributed by atoms with Crippen LogP contribution in [0.3, 0.4) is 0 Å². The molecule has 1 aliphatic heterocycles. The Hall–Kier alpha value is -1.84. The highest BCUT2D eigenvalue weighted by Crippen LogP contribution is 2.52. The zero-order valence-corrected chi connectivity index (χ0v) is 14.5. The molecule has 0 spiro atoms. The number of fused-ring (bicyclic) bond motifs is 2. The molecule has 4 heteroatoms. The summed E-state index contributed by atoms with van der Waals surface area (Å²) < 4.78 is 0. The SMILES string of the molecule is CN(C(=O)C(=O)N1CC2(C)CC1CC(C)(C)C2)c1ccccc1. The van der Waals surface area contributed by atoms with E-state index in [2.05, 4.69) is 20.8 Å². The number of para-hydroxylation sites is 1. The highest BCUT2D eigenvalue weighted by atomic mass is 16.2. The molecule has 1 aromatic carbocycles. The fourth-order valence-corrected chi connectivity index (χ4v) is 4.73. The van der Waals surface area contributed by atoms with E-state index in [9.17, 15) is 9.59 Å². The minimum Gasteiger partial charge on any atom is -0.331 e. The minimum atomic E-state index is -0.440. The Bertz CT molecular complexity index is 626. The zero-order chi connectivity index (χ0) is 16.8. The van der Waals surface area contributed by atoms with E-state index in [1.165, 1.54) is 4.90 Å². The van der Waals surface area contributed by atoms with Crippen LogP contribution in [0.4, 0.5) is 5.69 Å². The second kappa shape index (κ2) is 5.36. The Morgan fingerprint density at radius 2 is 1.78 bits per heavy atom. The van der Waals surface area contributed by atoms with E-state index >= 15 is 0 Å². The van der Waals surface area contributed by atoms with Crippen molar-refractivity contribution in [3.8, 4) is 0 Å². The summed E-state index contributed by atoms with van der Waals surface area (Å²) >= 11 is 0. The van der Waals surface area contributed by atoms with E-state index in [1.54, 1.807) is 7.05 Å². The molecule has 23 heavy (non-hydrogen) atoms. The number of carbonyl (C=O) groups excluding carboxylic acids is 2. The number of benzene rings is 1. The van der Waals surface area contributed by atoms with Crippen molar-refractivity contribution in [3.63, 3.8) is 0 Å². The molecular weight excluding hydrogens is 288 g/mol. The van der Waals surface area contributed by atoms with Gasteiger partial charge in [-0.2, -0.15) is 0 Å². The van der Waals surface area contributed by atoms with Gasteiger partial charge >= 0.3 is 11.8 Å². The zero-order valence-electron chi connectivity index (χ0n) is 14.5. The van der Waals surface area contributed by atoms with Gasteiger partial charge in [0, 0.05) is 25.3 Å². The molecule has 2 atom stereocenters. The number of likely N-dealkylation sites (N-methyl/N-ethyl adjacent to an activating group) is 1. The molecule has 1 saturated heterocycles. The van der Waals surface area contributed by atoms with E-state index in [1.807, 2.05) is 35.2 Å². The van der Waals surface area contributed by atoms with Crippen molar-refractivity contribution in [1.29, 1.82) is 0 Å². The molecule has 1 saturated carbocycles. The number of likely N-dealkylation sites (tertiary alicyclic amines) is 1. The van der Waals surface area contributed by atoms with Crippen molar-refractivity contribution in [3.05, 3.63) is 30.3 Å². The van der Waals surface area contributed by atoms with Crippen LogP contribution in [0.5, 0.6) is 0 Å². The monoisotopic (exact) mass is 314 g/mol. The van der Waals surface area contributed by atoms with Crippen LogP contribution in [0.1, 0.15) is 40.0 Å². The maximum atomic E-state index is 12.8. The van der Waals surface area contributed by atoms with Crippen molar-refractivity contribution >= 4 is 17.5 Å². The summed E-state index contributed by atoms with van der Waals surface area (Å²) in [5, 5.41) is 0. The van der Waals surface area contributed by atoms with Gasteiger partial charge in [-0.15, -0.1) is 0 Å². The minimum absolute atomic E-state index is 0.147. The first-order valence-electron chi connectivity index (χ1n) is 8.35. The van der Waals surface area contributed by atoms with Crippen LogP contribution in [0.25, 0.3) is 0 Å². The summed E-state index contributed by atoms with van der Waals surface area (Å²) in [4.78, 5) is 28.7. The van der Waals surface area contributed by atoms with Gasteiger partial charge in [-0.25, -0.2) is 0 Å². The Kier molecular flexibility index (Phi) is 3.74. The first-order chi connectivity index (χ1) is 10.7. The lowest BCUT2D eigenvalue weighted by Gasteiger charge is -2.39. The van der Waals surface area contributed by atoms with Crippen LogP contribution in [-0.4, -0.2) is 36.3 Å². The third kappa shape index (κ3) is 2.99. The summed E-state index contributed by atoms with van der Waals surface area (Å²) in [5.74, 6) is -0.798. The molecule has 0 N–H and O–H groups in total. The Balaban J connectivity index is 1.77. The van der Waals surface area contributed by atoms with Gasteiger partial charge in [0.15, 0.2) is 0 Å². The Morgan fingerprint density at radius 1 is 1.13 bits per heavy atom. The third-order valence-electron chi connectivity index (χ3n) is 5.31. The first kappa shape index (κ1) is 16.0. The molecule has 124 valence electrons. The number of nitrogens with zero attached hydrogens (tertiary/aromatic N) is 2. The van der Waals surface area contributed by atoms with Gasteiger partial charge in [0.25, 0.3) is 0 Å². The van der Waals surface area contributed by atoms with Gasteiger partial charge in [-0.1, -0.05) is 39.0 Å². The van der Waals surface area contributed by atoms with Crippen molar-refractivity contribution in [2.45, 2.75) is 46.1 Å². The molecule has 1 heterocycles. The second-order valence-corrected chi connectivity index (χ2v) is 8.35. The molecule has 0 aromatic heterocycles. The van der Waals surface area contributed by atoms with Crippen LogP contribution in [0.15, 0.2) is 30.3 Å². The van der Waals surface area contributed by atoms with Crippen molar-refractivity contribution in [2.75, 3.05) is 18.5 Å². The number of hydrogen-bond donors (Lipinski definition) is 0. The predicted molar refractivity (Wildman–Crippen MR) is 91.1 cm³/mol. The molecule has 2 bridgehead atoms.